The van der Waals surface area contributed by atoms with E-state index >= 15 is 0 Å². The zero-order valence-corrected chi connectivity index (χ0v) is 23.5. The number of alkyl halides is 2. The van der Waals surface area contributed by atoms with E-state index in [1.165, 1.54) is 5.01 Å². The number of aliphatic hydroxyl groups is 1. The van der Waals surface area contributed by atoms with Gasteiger partial charge < -0.3 is 20.2 Å². The monoisotopic (exact) mass is 573 g/mol. The lowest BCUT2D eigenvalue weighted by Gasteiger charge is -2.49. The lowest BCUT2D eigenvalue weighted by atomic mass is 9.80. The van der Waals surface area contributed by atoms with Crippen molar-refractivity contribution in [2.24, 2.45) is 5.92 Å². The summed E-state index contributed by atoms with van der Waals surface area (Å²) in [6.45, 7) is 4.33. The Morgan fingerprint density at radius 3 is 2.63 bits per heavy atom. The molecule has 3 fully saturated rings. The molecular weight excluding hydrogens is 532 g/mol. The topological polar surface area (TPSA) is 96.4 Å². The third-order valence-corrected chi connectivity index (χ3v) is 8.92. The highest BCUT2D eigenvalue weighted by Crippen LogP contribution is 2.37. The van der Waals surface area contributed by atoms with Crippen LogP contribution in [0.4, 0.5) is 13.6 Å². The van der Waals surface area contributed by atoms with Gasteiger partial charge in [0, 0.05) is 19.5 Å². The van der Waals surface area contributed by atoms with Crippen molar-refractivity contribution in [3.8, 4) is 0 Å². The van der Waals surface area contributed by atoms with Crippen LogP contribution in [0.15, 0.2) is 48.1 Å². The van der Waals surface area contributed by atoms with Crippen molar-refractivity contribution in [1.29, 1.82) is 0 Å². The van der Waals surface area contributed by atoms with Gasteiger partial charge in [-0.3, -0.25) is 14.6 Å². The fourth-order valence-corrected chi connectivity index (χ4v) is 6.74. The summed E-state index contributed by atoms with van der Waals surface area (Å²) < 4.78 is 28.6. The van der Waals surface area contributed by atoms with Gasteiger partial charge in [0.2, 0.25) is 11.8 Å². The maximum atomic E-state index is 14.8. The first-order valence-corrected chi connectivity index (χ1v) is 14.8. The molecule has 224 valence electrons. The Balaban J connectivity index is 1.40. The molecule has 0 aromatic rings. The van der Waals surface area contributed by atoms with Crippen molar-refractivity contribution in [2.75, 3.05) is 32.7 Å². The Morgan fingerprint density at radius 2 is 1.95 bits per heavy atom. The van der Waals surface area contributed by atoms with E-state index < -0.39 is 30.7 Å². The molecule has 1 saturated carbocycles. The number of amides is 4. The third-order valence-electron chi connectivity index (χ3n) is 8.92. The van der Waals surface area contributed by atoms with Crippen molar-refractivity contribution < 1.29 is 28.3 Å². The zero-order valence-electron chi connectivity index (χ0n) is 23.5. The number of urea groups is 1. The molecule has 2 aliphatic heterocycles. The molecule has 41 heavy (non-hydrogen) atoms. The van der Waals surface area contributed by atoms with Gasteiger partial charge >= 0.3 is 6.03 Å². The summed E-state index contributed by atoms with van der Waals surface area (Å²) in [5, 5.41) is 16.2. The number of carbonyl (C=O) groups excluding carboxylic acids is 3. The smallest absolute Gasteiger partial charge is 0.332 e. The highest BCUT2D eigenvalue weighted by atomic mass is 19.1. The molecule has 0 spiro atoms. The summed E-state index contributed by atoms with van der Waals surface area (Å²) in [6.07, 6.45) is 9.51. The van der Waals surface area contributed by atoms with Gasteiger partial charge in [0.15, 0.2) is 0 Å². The van der Waals surface area contributed by atoms with E-state index in [4.69, 9.17) is 0 Å². The van der Waals surface area contributed by atoms with E-state index in [2.05, 4.69) is 24.0 Å². The number of piperazine rings is 1. The molecule has 0 aromatic heterocycles. The number of nitrogens with one attached hydrogen (secondary N) is 1. The van der Waals surface area contributed by atoms with Crippen molar-refractivity contribution in [2.45, 2.75) is 82.0 Å². The van der Waals surface area contributed by atoms with E-state index in [1.807, 2.05) is 6.08 Å². The summed E-state index contributed by atoms with van der Waals surface area (Å²) in [5.74, 6) is -0.674. The quantitative estimate of drug-likeness (QED) is 0.436. The minimum absolute atomic E-state index is 0.0130. The molecule has 4 atom stereocenters. The number of carbonyl (C=O) groups is 3. The maximum Gasteiger partial charge on any atom is 0.332 e. The molecule has 2 N–H and O–H groups in total. The van der Waals surface area contributed by atoms with Crippen LogP contribution in [0, 0.1) is 5.92 Å². The summed E-state index contributed by atoms with van der Waals surface area (Å²) in [4.78, 5) is 44.1. The standard InChI is InChI=1S/C30H41F2N5O4/c1-2-14-35(30(41)33-16-20-6-4-3-5-7-20)36-19-27(39)37-26(36)18-34(17-22-8-11-23(31)15-25(22)32)29(40)28(37)21-9-12-24(38)13-10-21/h2,4,6-8,21,23-26,28,38H,1,3,5,9-19H2,(H,33,41)/t21?,23?,24?,25?,26?,28-/m0/s1. The van der Waals surface area contributed by atoms with Crippen LogP contribution in [0.1, 0.15) is 51.4 Å². The van der Waals surface area contributed by atoms with Crippen LogP contribution < -0.4 is 5.32 Å². The second-order valence-corrected chi connectivity index (χ2v) is 11.7. The van der Waals surface area contributed by atoms with Gasteiger partial charge in [-0.25, -0.2) is 13.6 Å². The average molecular weight is 574 g/mol. The van der Waals surface area contributed by atoms with E-state index in [-0.39, 0.29) is 62.8 Å². The van der Waals surface area contributed by atoms with Crippen LogP contribution in [0.5, 0.6) is 0 Å². The molecule has 0 bridgehead atoms. The second-order valence-electron chi connectivity index (χ2n) is 11.7. The molecule has 3 aliphatic carbocycles. The normalized spacial score (nSPS) is 32.4. The van der Waals surface area contributed by atoms with Crippen LogP contribution in [0.2, 0.25) is 0 Å². The Hall–Kier alpha value is -3.05. The number of halogens is 2. The first-order valence-electron chi connectivity index (χ1n) is 14.8. The van der Waals surface area contributed by atoms with Gasteiger partial charge in [-0.2, -0.15) is 5.01 Å². The summed E-state index contributed by atoms with van der Waals surface area (Å²) >= 11 is 0. The van der Waals surface area contributed by atoms with Crippen LogP contribution in [-0.4, -0.2) is 106 Å². The first kappa shape index (κ1) is 29.4. The molecule has 3 unspecified atom stereocenters. The van der Waals surface area contributed by atoms with Gasteiger partial charge in [-0.15, -0.1) is 6.58 Å². The molecular formula is C30H41F2N5O4. The summed E-state index contributed by atoms with van der Waals surface area (Å²) in [6, 6.07) is -1.16. The fraction of sp³-hybridized carbons (Fsp3) is 0.633. The molecule has 5 rings (SSSR count). The van der Waals surface area contributed by atoms with E-state index in [9.17, 15) is 28.3 Å². The fourth-order valence-electron chi connectivity index (χ4n) is 6.74. The highest BCUT2D eigenvalue weighted by molar-refractivity contribution is 5.92. The van der Waals surface area contributed by atoms with Crippen LogP contribution >= 0.6 is 0 Å². The lowest BCUT2D eigenvalue weighted by molar-refractivity contribution is -0.161. The predicted molar refractivity (Wildman–Crippen MR) is 150 cm³/mol. The molecule has 9 nitrogen and oxygen atoms in total. The van der Waals surface area contributed by atoms with Crippen molar-refractivity contribution in [1.82, 2.24) is 25.1 Å². The Kier molecular flexibility index (Phi) is 9.23. The molecule has 5 aliphatic rings. The molecule has 11 heteroatoms. The maximum absolute atomic E-state index is 14.8. The van der Waals surface area contributed by atoms with Crippen LogP contribution in [0.25, 0.3) is 0 Å². The minimum Gasteiger partial charge on any atom is -0.393 e. The number of hydrazine groups is 1. The number of fused-ring (bicyclic) bond motifs is 1. The number of hydrogen-bond donors (Lipinski definition) is 2. The number of rotatable bonds is 8. The number of allylic oxidation sites excluding steroid dienone is 3. The van der Waals surface area contributed by atoms with Crippen molar-refractivity contribution >= 4 is 17.8 Å². The molecule has 2 heterocycles. The third kappa shape index (κ3) is 6.40. The predicted octanol–water partition coefficient (Wildman–Crippen LogP) is 3.00. The molecule has 2 saturated heterocycles. The Morgan fingerprint density at radius 1 is 1.17 bits per heavy atom. The summed E-state index contributed by atoms with van der Waals surface area (Å²) in [5.41, 5.74) is 1.39. The van der Waals surface area contributed by atoms with E-state index in [1.54, 1.807) is 27.0 Å². The Labute approximate surface area is 240 Å². The largest absolute Gasteiger partial charge is 0.393 e. The lowest BCUT2D eigenvalue weighted by Crippen LogP contribution is -2.67. The average Bonchev–Trinajstić information content (AvgIpc) is 3.28. The van der Waals surface area contributed by atoms with Gasteiger partial charge in [0.05, 0.1) is 25.7 Å². The highest BCUT2D eigenvalue weighted by Gasteiger charge is 2.54. The Bertz CT molecular complexity index is 1120. The van der Waals surface area contributed by atoms with Gasteiger partial charge in [0.1, 0.15) is 24.6 Å². The SMILES string of the molecule is C=CCN(C(=O)NCC1=CCCC=C1)N1CC(=O)N2C1CN(CC1=CCC(F)CC1F)C(=O)[C@@H]2C1CCC(O)CC1. The van der Waals surface area contributed by atoms with Crippen LogP contribution in [0.3, 0.4) is 0 Å². The zero-order chi connectivity index (χ0) is 29.1. The van der Waals surface area contributed by atoms with E-state index in [0.29, 0.717) is 37.8 Å². The van der Waals surface area contributed by atoms with Gasteiger partial charge in [-0.05, 0) is 62.0 Å². The van der Waals surface area contributed by atoms with Gasteiger partial charge in [-0.1, -0.05) is 30.4 Å². The number of aliphatic hydroxyl groups excluding tert-OH is 1. The van der Waals surface area contributed by atoms with Crippen molar-refractivity contribution in [3.63, 3.8) is 0 Å². The molecule has 0 radical (unpaired) electrons. The minimum atomic E-state index is -1.47. The number of nitrogens with zero attached hydrogens (tertiary/aromatic N) is 4. The van der Waals surface area contributed by atoms with Crippen molar-refractivity contribution in [3.05, 3.63) is 48.1 Å². The molecule has 4 amide bonds. The first-order chi connectivity index (χ1) is 19.8. The second kappa shape index (κ2) is 12.9. The van der Waals surface area contributed by atoms with Crippen LogP contribution in [-0.2, 0) is 9.59 Å². The van der Waals surface area contributed by atoms with Gasteiger partial charge in [0.25, 0.3) is 0 Å². The summed E-state index contributed by atoms with van der Waals surface area (Å²) in [7, 11) is 0. The van der Waals surface area contributed by atoms with E-state index in [0.717, 1.165) is 18.4 Å². The number of hydrogen-bond acceptors (Lipinski definition) is 5. The molecule has 0 aromatic carbocycles.